The van der Waals surface area contributed by atoms with Crippen molar-refractivity contribution < 1.29 is 26.7 Å². The number of rotatable bonds is 11. The second-order valence-electron chi connectivity index (χ2n) is 7.98. The molecule has 0 radical (unpaired) electrons. The Kier molecular flexibility index (Phi) is 8.11. The number of hydrogen-bond acceptors (Lipinski definition) is 6. The Morgan fingerprint density at radius 1 is 1.06 bits per heavy atom. The molecule has 0 aliphatic heterocycles. The summed E-state index contributed by atoms with van der Waals surface area (Å²) in [5.41, 5.74) is 2.86. The summed E-state index contributed by atoms with van der Waals surface area (Å²) >= 11 is 1.61. The van der Waals surface area contributed by atoms with Gasteiger partial charge in [-0.15, -0.1) is 0 Å². The van der Waals surface area contributed by atoms with E-state index in [0.29, 0.717) is 31.0 Å². The first-order chi connectivity index (χ1) is 17.3. The summed E-state index contributed by atoms with van der Waals surface area (Å²) in [6.07, 6.45) is 4.33. The third kappa shape index (κ3) is 6.76. The van der Waals surface area contributed by atoms with Crippen molar-refractivity contribution in [1.29, 1.82) is 0 Å². The Balaban J connectivity index is 1.43. The number of benzene rings is 2. The summed E-state index contributed by atoms with van der Waals surface area (Å²) in [6.45, 7) is 0.979. The second-order valence-corrected chi connectivity index (χ2v) is 10.4. The van der Waals surface area contributed by atoms with Gasteiger partial charge in [0.25, 0.3) is 10.0 Å². The molecule has 36 heavy (non-hydrogen) atoms. The number of amides is 1. The van der Waals surface area contributed by atoms with Crippen LogP contribution in [0.5, 0.6) is 5.75 Å². The maximum atomic E-state index is 13.4. The van der Waals surface area contributed by atoms with Crippen molar-refractivity contribution >= 4 is 27.3 Å². The molecule has 4 aromatic rings. The second kappa shape index (κ2) is 11.4. The Morgan fingerprint density at radius 2 is 1.92 bits per heavy atom. The number of aromatic nitrogens is 2. The largest absolute Gasteiger partial charge is 0.493 e. The lowest BCUT2D eigenvalue weighted by molar-refractivity contribution is -0.119. The molecule has 1 amide bonds. The minimum atomic E-state index is -4.33. The molecule has 4 rings (SSSR count). The van der Waals surface area contributed by atoms with Crippen LogP contribution >= 0.6 is 11.3 Å². The van der Waals surface area contributed by atoms with E-state index in [-0.39, 0.29) is 12.8 Å². The lowest BCUT2D eigenvalue weighted by atomic mass is 10.1. The molecule has 0 fully saturated rings. The van der Waals surface area contributed by atoms with E-state index in [1.54, 1.807) is 22.2 Å². The third-order valence-electron chi connectivity index (χ3n) is 5.33. The van der Waals surface area contributed by atoms with Crippen molar-refractivity contribution in [3.8, 4) is 5.75 Å². The molecule has 2 aromatic heterocycles. The molecule has 2 heterocycles. The number of sulfonamides is 1. The molecule has 0 saturated heterocycles. The predicted molar refractivity (Wildman–Crippen MR) is 131 cm³/mol. The zero-order valence-electron chi connectivity index (χ0n) is 19.1. The number of ether oxygens (including phenoxy) is 1. The Labute approximate surface area is 211 Å². The zero-order valence-corrected chi connectivity index (χ0v) is 20.7. The topological polar surface area (TPSA) is 90.3 Å². The molecule has 0 atom stereocenters. The number of carbonyl (C=O) groups excluding carboxylic acids is 1. The fourth-order valence-electron chi connectivity index (χ4n) is 3.49. The minimum absolute atomic E-state index is 0.150. The Bertz CT molecular complexity index is 1420. The van der Waals surface area contributed by atoms with Gasteiger partial charge in [-0.1, -0.05) is 12.1 Å². The Hall–Kier alpha value is -3.57. The van der Waals surface area contributed by atoms with Crippen molar-refractivity contribution in [1.82, 2.24) is 14.5 Å². The van der Waals surface area contributed by atoms with E-state index >= 15 is 0 Å². The summed E-state index contributed by atoms with van der Waals surface area (Å²) in [6, 6.07) is 11.6. The number of halogens is 2. The molecule has 0 unspecified atom stereocenters. The van der Waals surface area contributed by atoms with Crippen LogP contribution in [-0.4, -0.2) is 30.7 Å². The van der Waals surface area contributed by atoms with Gasteiger partial charge in [-0.05, 0) is 70.3 Å². The number of aryl methyl sites for hydroxylation is 1. The standard InChI is InChI=1S/C25H23F2N3O4S2/c26-22-6-5-21(15-23(22)27)36(32,33)29-25(31)7-4-20-3-2-19(16-30-11-1-10-28-30)14-24(20)34-12-8-18-9-13-35-17-18/h1-3,5-6,9-11,13-15,17H,4,7-8,12,16H2,(H,29,31). The molecule has 2 aromatic carbocycles. The van der Waals surface area contributed by atoms with Crippen LogP contribution in [0.2, 0.25) is 0 Å². The van der Waals surface area contributed by atoms with E-state index in [1.165, 1.54) is 0 Å². The third-order valence-corrected chi connectivity index (χ3v) is 7.44. The molecule has 7 nitrogen and oxygen atoms in total. The summed E-state index contributed by atoms with van der Waals surface area (Å²) in [7, 11) is -4.33. The Morgan fingerprint density at radius 3 is 2.64 bits per heavy atom. The van der Waals surface area contributed by atoms with Crippen LogP contribution in [0.25, 0.3) is 0 Å². The molecule has 0 aliphatic rings. The van der Waals surface area contributed by atoms with E-state index in [4.69, 9.17) is 4.74 Å². The molecule has 188 valence electrons. The lowest BCUT2D eigenvalue weighted by Gasteiger charge is -2.14. The van der Waals surface area contributed by atoms with Gasteiger partial charge in [0, 0.05) is 25.2 Å². The summed E-state index contributed by atoms with van der Waals surface area (Å²) < 4.78 is 61.0. The monoisotopic (exact) mass is 531 g/mol. The quantitative estimate of drug-likeness (QED) is 0.311. The van der Waals surface area contributed by atoms with E-state index in [9.17, 15) is 22.0 Å². The van der Waals surface area contributed by atoms with Crippen LogP contribution in [0.4, 0.5) is 8.78 Å². The van der Waals surface area contributed by atoms with Crippen LogP contribution in [0.1, 0.15) is 23.1 Å². The van der Waals surface area contributed by atoms with Crippen LogP contribution < -0.4 is 9.46 Å². The normalized spacial score (nSPS) is 11.4. The van der Waals surface area contributed by atoms with Gasteiger partial charge in [0.1, 0.15) is 5.75 Å². The first kappa shape index (κ1) is 25.5. The fourth-order valence-corrected chi connectivity index (χ4v) is 5.21. The molecule has 1 N–H and O–H groups in total. The van der Waals surface area contributed by atoms with Gasteiger partial charge in [0.15, 0.2) is 11.6 Å². The first-order valence-electron chi connectivity index (χ1n) is 11.0. The number of thiophene rings is 1. The van der Waals surface area contributed by atoms with Gasteiger partial charge >= 0.3 is 0 Å². The predicted octanol–water partition coefficient (Wildman–Crippen LogP) is 4.33. The van der Waals surface area contributed by atoms with Crippen LogP contribution in [0.15, 0.2) is 76.6 Å². The average Bonchev–Trinajstić information content (AvgIpc) is 3.54. The highest BCUT2D eigenvalue weighted by molar-refractivity contribution is 7.90. The van der Waals surface area contributed by atoms with E-state index in [1.807, 2.05) is 46.6 Å². The zero-order chi connectivity index (χ0) is 25.5. The summed E-state index contributed by atoms with van der Waals surface area (Å²) in [4.78, 5) is 11.9. The molecule has 0 saturated carbocycles. The van der Waals surface area contributed by atoms with Gasteiger partial charge in [-0.2, -0.15) is 16.4 Å². The molecule has 0 aliphatic carbocycles. The van der Waals surface area contributed by atoms with Crippen molar-refractivity contribution in [2.24, 2.45) is 0 Å². The van der Waals surface area contributed by atoms with Gasteiger partial charge in [-0.3, -0.25) is 9.48 Å². The highest BCUT2D eigenvalue weighted by Gasteiger charge is 2.20. The minimum Gasteiger partial charge on any atom is -0.493 e. The van der Waals surface area contributed by atoms with Crippen molar-refractivity contribution in [2.75, 3.05) is 6.61 Å². The first-order valence-corrected chi connectivity index (χ1v) is 13.5. The van der Waals surface area contributed by atoms with Gasteiger partial charge in [0.2, 0.25) is 5.91 Å². The van der Waals surface area contributed by atoms with Crippen molar-refractivity contribution in [2.45, 2.75) is 30.7 Å². The smallest absolute Gasteiger partial charge is 0.264 e. The van der Waals surface area contributed by atoms with Gasteiger partial charge in [0.05, 0.1) is 18.0 Å². The molecule has 11 heteroatoms. The number of carbonyl (C=O) groups is 1. The van der Waals surface area contributed by atoms with Crippen molar-refractivity contribution in [3.63, 3.8) is 0 Å². The van der Waals surface area contributed by atoms with E-state index < -0.39 is 32.5 Å². The average molecular weight is 532 g/mol. The van der Waals surface area contributed by atoms with Crippen molar-refractivity contribution in [3.05, 3.63) is 100 Å². The van der Waals surface area contributed by atoms with Gasteiger partial charge < -0.3 is 4.74 Å². The summed E-state index contributed by atoms with van der Waals surface area (Å²) in [5, 5.41) is 8.26. The van der Waals surface area contributed by atoms with Crippen LogP contribution in [-0.2, 0) is 34.2 Å². The van der Waals surface area contributed by atoms with E-state index in [2.05, 4.69) is 10.5 Å². The number of nitrogens with one attached hydrogen (secondary N) is 1. The van der Waals surface area contributed by atoms with Crippen LogP contribution in [0.3, 0.4) is 0 Å². The molecule has 0 spiro atoms. The lowest BCUT2D eigenvalue weighted by Crippen LogP contribution is -2.30. The summed E-state index contributed by atoms with van der Waals surface area (Å²) in [5.74, 6) is -2.66. The maximum absolute atomic E-state index is 13.4. The fraction of sp³-hybridized carbons (Fsp3) is 0.200. The highest BCUT2D eigenvalue weighted by Crippen LogP contribution is 2.24. The molecule has 0 bridgehead atoms. The highest BCUT2D eigenvalue weighted by atomic mass is 32.2. The molecular weight excluding hydrogens is 508 g/mol. The van der Waals surface area contributed by atoms with E-state index in [0.717, 1.165) is 29.2 Å². The van der Waals surface area contributed by atoms with Gasteiger partial charge in [-0.25, -0.2) is 21.9 Å². The SMILES string of the molecule is O=C(CCc1ccc(Cn2cccn2)cc1OCCc1ccsc1)NS(=O)(=O)c1ccc(F)c(F)c1. The molecular formula is C25H23F2N3O4S2. The number of hydrogen-bond donors (Lipinski definition) is 1. The number of nitrogens with zero attached hydrogens (tertiary/aromatic N) is 2. The van der Waals surface area contributed by atoms with Crippen LogP contribution in [0, 0.1) is 11.6 Å². The maximum Gasteiger partial charge on any atom is 0.264 e.